The number of halogens is 1. The second-order valence-electron chi connectivity index (χ2n) is 7.94. The van der Waals surface area contributed by atoms with Crippen molar-refractivity contribution in [3.05, 3.63) is 41.8 Å². The highest BCUT2D eigenvalue weighted by Gasteiger charge is 2.28. The lowest BCUT2D eigenvalue weighted by Gasteiger charge is -2.37. The van der Waals surface area contributed by atoms with Crippen LogP contribution < -0.4 is 4.90 Å². The number of aliphatic hydroxyl groups excluding tert-OH is 1. The molecule has 8 heteroatoms. The normalized spacial score (nSPS) is 21.4. The van der Waals surface area contributed by atoms with Crippen molar-refractivity contribution in [2.75, 3.05) is 44.2 Å². The maximum Gasteiger partial charge on any atom is 0.141 e. The van der Waals surface area contributed by atoms with E-state index in [1.807, 2.05) is 0 Å². The van der Waals surface area contributed by atoms with Gasteiger partial charge in [0.25, 0.3) is 0 Å². The molecule has 3 aromatic rings. The van der Waals surface area contributed by atoms with E-state index >= 15 is 0 Å². The third kappa shape index (κ3) is 3.92. The number of aromatic nitrogens is 2. The number of β-amino-alcohol motifs (C(OH)–C–C–N with tert-alkyl or cyclic N) is 1. The van der Waals surface area contributed by atoms with Gasteiger partial charge in [0, 0.05) is 50.3 Å². The lowest BCUT2D eigenvalue weighted by molar-refractivity contribution is -0.0190. The van der Waals surface area contributed by atoms with Gasteiger partial charge in [0.15, 0.2) is 0 Å². The summed E-state index contributed by atoms with van der Waals surface area (Å²) in [4.78, 5) is 14.6. The van der Waals surface area contributed by atoms with Crippen LogP contribution in [0.2, 0.25) is 0 Å². The van der Waals surface area contributed by atoms with Crippen LogP contribution in [-0.2, 0) is 4.74 Å². The molecule has 2 fully saturated rings. The Morgan fingerprint density at radius 2 is 1.97 bits per heavy atom. The molecule has 2 saturated heterocycles. The third-order valence-electron chi connectivity index (χ3n) is 6.02. The Hall–Kier alpha value is -2.13. The fourth-order valence-corrected chi connectivity index (χ4v) is 5.28. The lowest BCUT2D eigenvalue weighted by atomic mass is 10.1. The molecule has 1 N–H and O–H groups in total. The molecular weight excluding hydrogens is 403 g/mol. The maximum absolute atomic E-state index is 13.4. The molecule has 2 aliphatic heterocycles. The maximum atomic E-state index is 13.4. The van der Waals surface area contributed by atoms with Crippen LogP contribution in [0.1, 0.15) is 12.8 Å². The van der Waals surface area contributed by atoms with E-state index in [1.54, 1.807) is 29.8 Å². The van der Waals surface area contributed by atoms with Crippen LogP contribution in [0.15, 0.2) is 36.0 Å². The van der Waals surface area contributed by atoms with Crippen LogP contribution in [0.4, 0.5) is 10.2 Å². The number of hydrogen-bond donors (Lipinski definition) is 1. The van der Waals surface area contributed by atoms with Crippen molar-refractivity contribution in [2.45, 2.75) is 25.0 Å². The van der Waals surface area contributed by atoms with Gasteiger partial charge in [-0.05, 0) is 30.5 Å². The fraction of sp³-hybridized carbons (Fsp3) is 0.455. The third-order valence-corrected chi connectivity index (χ3v) is 6.90. The fourth-order valence-electron chi connectivity index (χ4n) is 4.37. The minimum atomic E-state index is -0.424. The van der Waals surface area contributed by atoms with E-state index in [4.69, 9.17) is 4.74 Å². The molecule has 0 unspecified atom stereocenters. The average Bonchev–Trinajstić information content (AvgIpc) is 3.45. The molecule has 0 radical (unpaired) electrons. The molecule has 0 aliphatic carbocycles. The molecule has 5 rings (SSSR count). The first-order chi connectivity index (χ1) is 14.7. The van der Waals surface area contributed by atoms with E-state index in [0.717, 1.165) is 72.8 Å². The van der Waals surface area contributed by atoms with Crippen molar-refractivity contribution in [3.8, 4) is 11.1 Å². The number of ether oxygens (including phenoxy) is 1. The minimum Gasteiger partial charge on any atom is -0.389 e. The van der Waals surface area contributed by atoms with E-state index in [2.05, 4.69) is 25.1 Å². The van der Waals surface area contributed by atoms with Gasteiger partial charge in [0.05, 0.1) is 17.6 Å². The van der Waals surface area contributed by atoms with Crippen LogP contribution in [0.25, 0.3) is 21.3 Å². The van der Waals surface area contributed by atoms with Gasteiger partial charge >= 0.3 is 0 Å². The van der Waals surface area contributed by atoms with Gasteiger partial charge in [-0.2, -0.15) is 0 Å². The number of anilines is 1. The molecule has 30 heavy (non-hydrogen) atoms. The molecule has 2 aromatic heterocycles. The molecule has 0 bridgehead atoms. The molecule has 0 saturated carbocycles. The zero-order chi connectivity index (χ0) is 20.5. The van der Waals surface area contributed by atoms with Crippen LogP contribution in [-0.4, -0.2) is 71.5 Å². The SMILES string of the molecule is O[C@@H](CN1CCN(c2ncnc3scc(-c4ccc(F)cc4)c23)CC1)[C@H]1CCCO1. The van der Waals surface area contributed by atoms with E-state index in [9.17, 15) is 9.50 Å². The second-order valence-corrected chi connectivity index (χ2v) is 8.80. The van der Waals surface area contributed by atoms with Crippen molar-refractivity contribution < 1.29 is 14.2 Å². The summed E-state index contributed by atoms with van der Waals surface area (Å²) in [6.45, 7) is 4.82. The standard InChI is InChI=1S/C22H25FN4O2S/c23-16-5-3-15(4-6-16)17-13-30-22-20(17)21(24-14-25-22)27-9-7-26(8-10-27)12-18(28)19-2-1-11-29-19/h3-6,13-14,18-19,28H,1-2,7-12H2/t18-,19+/m0/s1. The zero-order valence-corrected chi connectivity index (χ0v) is 17.5. The van der Waals surface area contributed by atoms with Gasteiger partial charge < -0.3 is 14.7 Å². The van der Waals surface area contributed by atoms with Crippen LogP contribution in [0, 0.1) is 5.82 Å². The van der Waals surface area contributed by atoms with Gasteiger partial charge in [-0.1, -0.05) is 12.1 Å². The average molecular weight is 429 g/mol. The first kappa shape index (κ1) is 19.8. The highest BCUT2D eigenvalue weighted by atomic mass is 32.1. The highest BCUT2D eigenvalue weighted by molar-refractivity contribution is 7.17. The van der Waals surface area contributed by atoms with Gasteiger partial charge in [0.1, 0.15) is 22.8 Å². The van der Waals surface area contributed by atoms with Crippen LogP contribution >= 0.6 is 11.3 Å². The molecular formula is C22H25FN4O2S. The molecule has 0 spiro atoms. The zero-order valence-electron chi connectivity index (χ0n) is 16.7. The Balaban J connectivity index is 1.33. The summed E-state index contributed by atoms with van der Waals surface area (Å²) in [5.41, 5.74) is 2.01. The van der Waals surface area contributed by atoms with E-state index < -0.39 is 6.10 Å². The molecule has 158 valence electrons. The summed E-state index contributed by atoms with van der Waals surface area (Å²) in [6.07, 6.45) is 3.16. The van der Waals surface area contributed by atoms with Crippen LogP contribution in [0.5, 0.6) is 0 Å². The summed E-state index contributed by atoms with van der Waals surface area (Å²) in [5.74, 6) is 0.691. The second kappa shape index (κ2) is 8.55. The topological polar surface area (TPSA) is 61.7 Å². The largest absolute Gasteiger partial charge is 0.389 e. The van der Waals surface area contributed by atoms with E-state index in [1.165, 1.54) is 12.1 Å². The predicted molar refractivity (Wildman–Crippen MR) is 116 cm³/mol. The number of nitrogens with zero attached hydrogens (tertiary/aromatic N) is 4. The molecule has 6 nitrogen and oxygen atoms in total. The Bertz CT molecular complexity index is 998. The number of hydrogen-bond acceptors (Lipinski definition) is 7. The van der Waals surface area contributed by atoms with Crippen molar-refractivity contribution in [1.29, 1.82) is 0 Å². The number of aliphatic hydroxyl groups is 1. The number of thiophene rings is 1. The number of benzene rings is 1. The Morgan fingerprint density at radius 1 is 1.17 bits per heavy atom. The summed E-state index contributed by atoms with van der Waals surface area (Å²) in [7, 11) is 0. The number of rotatable bonds is 5. The Labute approximate surface area is 178 Å². The molecule has 2 atom stereocenters. The first-order valence-corrected chi connectivity index (χ1v) is 11.3. The van der Waals surface area contributed by atoms with E-state index in [0.29, 0.717) is 6.54 Å². The molecule has 2 aliphatic rings. The number of fused-ring (bicyclic) bond motifs is 1. The van der Waals surface area contributed by atoms with Crippen molar-refractivity contribution in [1.82, 2.24) is 14.9 Å². The predicted octanol–water partition coefficient (Wildman–Crippen LogP) is 3.16. The van der Waals surface area contributed by atoms with Crippen molar-refractivity contribution >= 4 is 27.4 Å². The highest BCUT2D eigenvalue weighted by Crippen LogP contribution is 2.38. The monoisotopic (exact) mass is 428 g/mol. The van der Waals surface area contributed by atoms with Gasteiger partial charge in [-0.3, -0.25) is 4.90 Å². The Morgan fingerprint density at radius 3 is 2.70 bits per heavy atom. The smallest absolute Gasteiger partial charge is 0.141 e. The molecule has 1 aromatic carbocycles. The Kier molecular flexibility index (Phi) is 5.64. The molecule has 4 heterocycles. The van der Waals surface area contributed by atoms with Gasteiger partial charge in [0.2, 0.25) is 0 Å². The summed E-state index contributed by atoms with van der Waals surface area (Å²) < 4.78 is 19.0. The van der Waals surface area contributed by atoms with Gasteiger partial charge in [-0.25, -0.2) is 14.4 Å². The molecule has 0 amide bonds. The van der Waals surface area contributed by atoms with Crippen LogP contribution in [0.3, 0.4) is 0 Å². The minimum absolute atomic E-state index is 0.0198. The van der Waals surface area contributed by atoms with E-state index in [-0.39, 0.29) is 11.9 Å². The van der Waals surface area contributed by atoms with Crippen molar-refractivity contribution in [2.24, 2.45) is 0 Å². The lowest BCUT2D eigenvalue weighted by Crippen LogP contribution is -2.50. The quantitative estimate of drug-likeness (QED) is 0.674. The summed E-state index contributed by atoms with van der Waals surface area (Å²) >= 11 is 1.59. The van der Waals surface area contributed by atoms with Crippen molar-refractivity contribution in [3.63, 3.8) is 0 Å². The number of piperazine rings is 1. The summed E-state index contributed by atoms with van der Waals surface area (Å²) in [5, 5.41) is 13.6. The van der Waals surface area contributed by atoms with Gasteiger partial charge in [-0.15, -0.1) is 11.3 Å². The first-order valence-electron chi connectivity index (χ1n) is 10.4. The summed E-state index contributed by atoms with van der Waals surface area (Å²) in [6, 6.07) is 6.58.